The number of aromatic nitrogens is 2. The van der Waals surface area contributed by atoms with Gasteiger partial charge in [-0.3, -0.25) is 0 Å². The Labute approximate surface area is 184 Å². The van der Waals surface area contributed by atoms with Crippen molar-refractivity contribution in [2.75, 3.05) is 35.8 Å². The summed E-state index contributed by atoms with van der Waals surface area (Å²) in [5, 5.41) is 16.7. The van der Waals surface area contributed by atoms with Crippen LogP contribution in [-0.2, 0) is 0 Å². The van der Waals surface area contributed by atoms with Gasteiger partial charge in [0.25, 0.3) is 0 Å². The fourth-order valence-corrected chi connectivity index (χ4v) is 3.21. The van der Waals surface area contributed by atoms with Gasteiger partial charge in [-0.05, 0) is 30.7 Å². The predicted molar refractivity (Wildman–Crippen MR) is 123 cm³/mol. The monoisotopic (exact) mass is 447 g/mol. The molecule has 0 spiro atoms. The number of methoxy groups -OCH3 is 2. The van der Waals surface area contributed by atoms with Gasteiger partial charge in [0.2, 0.25) is 5.95 Å². The molecular weight excluding hydrogens is 426 g/mol. The summed E-state index contributed by atoms with van der Waals surface area (Å²) in [5.41, 5.74) is 3.10. The van der Waals surface area contributed by atoms with E-state index in [4.69, 9.17) is 21.1 Å². The molecule has 0 aliphatic rings. The number of aromatic hydroxyl groups is 1. The van der Waals surface area contributed by atoms with Crippen LogP contribution in [0, 0.1) is 6.92 Å². The molecule has 0 saturated heterocycles. The number of nitrogens with zero attached hydrogens (tertiary/aromatic N) is 2. The van der Waals surface area contributed by atoms with Crippen molar-refractivity contribution in [3.63, 3.8) is 0 Å². The first-order valence-corrected chi connectivity index (χ1v) is 10.5. The van der Waals surface area contributed by atoms with Gasteiger partial charge in [0.15, 0.2) is 17.3 Å². The maximum Gasteiger partial charge on any atom is 0.229 e. The van der Waals surface area contributed by atoms with Crippen LogP contribution < -0.4 is 24.8 Å². The van der Waals surface area contributed by atoms with E-state index in [1.807, 2.05) is 31.4 Å². The van der Waals surface area contributed by atoms with Crippen LogP contribution in [0.1, 0.15) is 5.56 Å². The Morgan fingerprint density at radius 1 is 1.03 bits per heavy atom. The maximum atomic E-state index is 10.1. The quantitative estimate of drug-likeness (QED) is 0.341. The molecule has 8 nitrogen and oxygen atoms in total. The molecular formula is C20H22ClN5O3S. The molecule has 0 unspecified atom stereocenters. The Morgan fingerprint density at radius 2 is 1.83 bits per heavy atom. The predicted octanol–water partition coefficient (Wildman–Crippen LogP) is 5.34. The summed E-state index contributed by atoms with van der Waals surface area (Å²) in [7, 11) is 3.12. The van der Waals surface area contributed by atoms with E-state index in [1.54, 1.807) is 19.2 Å². The van der Waals surface area contributed by atoms with Gasteiger partial charge < -0.3 is 29.9 Å². The summed E-state index contributed by atoms with van der Waals surface area (Å²) >= 11 is 7.77. The standard InChI is InChI=1S/C20H22ClN5O3S/c1-11-7-18(29-3)17(27)9-15(11)24-20-22-10-13(21)19(25-20)23-14-6-5-12(28-2)8-16(14)26-30-4/h5-10,26-27H,1-4H3,(H2,22,23,24,25). The number of benzene rings is 2. The molecule has 158 valence electrons. The van der Waals surface area contributed by atoms with Gasteiger partial charge >= 0.3 is 0 Å². The van der Waals surface area contributed by atoms with E-state index in [1.165, 1.54) is 25.3 Å². The van der Waals surface area contributed by atoms with Crippen molar-refractivity contribution in [1.82, 2.24) is 9.97 Å². The molecule has 1 aromatic heterocycles. The van der Waals surface area contributed by atoms with Crippen LogP contribution in [0.25, 0.3) is 0 Å². The highest BCUT2D eigenvalue weighted by Gasteiger charge is 2.12. The lowest BCUT2D eigenvalue weighted by molar-refractivity contribution is 0.373. The second-order valence-electron chi connectivity index (χ2n) is 6.20. The van der Waals surface area contributed by atoms with Crippen molar-refractivity contribution in [2.45, 2.75) is 6.92 Å². The highest BCUT2D eigenvalue weighted by Crippen LogP contribution is 2.35. The molecule has 1 heterocycles. The van der Waals surface area contributed by atoms with Crippen LogP contribution in [0.5, 0.6) is 17.2 Å². The lowest BCUT2D eigenvalue weighted by Gasteiger charge is -2.15. The smallest absolute Gasteiger partial charge is 0.229 e. The van der Waals surface area contributed by atoms with E-state index in [0.717, 1.165) is 22.7 Å². The minimum Gasteiger partial charge on any atom is -0.504 e. The highest BCUT2D eigenvalue weighted by molar-refractivity contribution is 7.99. The molecule has 0 fully saturated rings. The molecule has 2 aromatic carbocycles. The Balaban J connectivity index is 1.89. The first-order chi connectivity index (χ1) is 14.4. The van der Waals surface area contributed by atoms with Crippen molar-refractivity contribution in [3.05, 3.63) is 47.1 Å². The Kier molecular flexibility index (Phi) is 6.96. The van der Waals surface area contributed by atoms with Gasteiger partial charge in [-0.2, -0.15) is 4.98 Å². The summed E-state index contributed by atoms with van der Waals surface area (Å²) in [4.78, 5) is 8.70. The molecule has 4 N–H and O–H groups in total. The normalized spacial score (nSPS) is 10.4. The number of rotatable bonds is 8. The molecule has 3 aromatic rings. The first kappa shape index (κ1) is 21.7. The SMILES string of the molecule is COc1ccc(Nc2nc(Nc3cc(O)c(OC)cc3C)ncc2Cl)c(NSC)c1. The largest absolute Gasteiger partial charge is 0.504 e. The third kappa shape index (κ3) is 4.92. The van der Waals surface area contributed by atoms with Crippen LogP contribution >= 0.6 is 23.5 Å². The summed E-state index contributed by atoms with van der Waals surface area (Å²) in [6.07, 6.45) is 3.43. The van der Waals surface area contributed by atoms with Crippen molar-refractivity contribution < 1.29 is 14.6 Å². The van der Waals surface area contributed by atoms with E-state index >= 15 is 0 Å². The van der Waals surface area contributed by atoms with Gasteiger partial charge in [0, 0.05) is 24.1 Å². The molecule has 0 bridgehead atoms. The highest BCUT2D eigenvalue weighted by atomic mass is 35.5. The van der Waals surface area contributed by atoms with Gasteiger partial charge in [0.1, 0.15) is 10.8 Å². The average Bonchev–Trinajstić information content (AvgIpc) is 2.74. The van der Waals surface area contributed by atoms with Crippen LogP contribution in [0.2, 0.25) is 5.02 Å². The van der Waals surface area contributed by atoms with Crippen LogP contribution in [-0.4, -0.2) is 35.5 Å². The minimum absolute atomic E-state index is 0.0175. The minimum atomic E-state index is 0.0175. The first-order valence-electron chi connectivity index (χ1n) is 8.86. The Bertz CT molecular complexity index is 1050. The fourth-order valence-electron chi connectivity index (χ4n) is 2.68. The van der Waals surface area contributed by atoms with Gasteiger partial charge in [0.05, 0.1) is 31.8 Å². The molecule has 0 radical (unpaired) electrons. The van der Waals surface area contributed by atoms with E-state index in [-0.39, 0.29) is 5.75 Å². The lowest BCUT2D eigenvalue weighted by atomic mass is 10.2. The topological polar surface area (TPSA) is 101 Å². The van der Waals surface area contributed by atoms with E-state index in [0.29, 0.717) is 28.2 Å². The van der Waals surface area contributed by atoms with Crippen molar-refractivity contribution in [3.8, 4) is 17.2 Å². The summed E-state index contributed by atoms with van der Waals surface area (Å²) in [6, 6.07) is 8.87. The molecule has 3 rings (SSSR count). The number of nitrogens with one attached hydrogen (secondary N) is 3. The van der Waals surface area contributed by atoms with Crippen molar-refractivity contribution >= 4 is 52.4 Å². The van der Waals surface area contributed by atoms with E-state index in [9.17, 15) is 5.11 Å². The average molecular weight is 448 g/mol. The Hall–Kier alpha value is -3.04. The second kappa shape index (κ2) is 9.64. The number of hydrogen-bond donors (Lipinski definition) is 4. The van der Waals surface area contributed by atoms with Crippen LogP contribution in [0.4, 0.5) is 28.8 Å². The second-order valence-corrected chi connectivity index (χ2v) is 7.22. The zero-order valence-electron chi connectivity index (χ0n) is 16.9. The molecule has 0 atom stereocenters. The molecule has 30 heavy (non-hydrogen) atoms. The number of phenols is 1. The zero-order valence-corrected chi connectivity index (χ0v) is 18.5. The Morgan fingerprint density at radius 3 is 2.53 bits per heavy atom. The van der Waals surface area contributed by atoms with Crippen LogP contribution in [0.3, 0.4) is 0 Å². The molecule has 10 heteroatoms. The zero-order chi connectivity index (χ0) is 21.7. The molecule has 0 amide bonds. The molecule has 0 aliphatic heterocycles. The van der Waals surface area contributed by atoms with Gasteiger partial charge in [-0.25, -0.2) is 4.98 Å². The third-order valence-electron chi connectivity index (χ3n) is 4.21. The van der Waals surface area contributed by atoms with E-state index < -0.39 is 0 Å². The summed E-state index contributed by atoms with van der Waals surface area (Å²) < 4.78 is 13.6. The van der Waals surface area contributed by atoms with Crippen LogP contribution in [0.15, 0.2) is 36.5 Å². The summed E-state index contributed by atoms with van der Waals surface area (Å²) in [5.74, 6) is 1.89. The maximum absolute atomic E-state index is 10.1. The van der Waals surface area contributed by atoms with Crippen molar-refractivity contribution in [2.24, 2.45) is 0 Å². The van der Waals surface area contributed by atoms with Crippen molar-refractivity contribution in [1.29, 1.82) is 0 Å². The van der Waals surface area contributed by atoms with Gasteiger partial charge in [-0.1, -0.05) is 23.5 Å². The lowest BCUT2D eigenvalue weighted by Crippen LogP contribution is -2.04. The number of aryl methyl sites for hydroxylation is 1. The number of phenolic OH excluding ortho intramolecular Hbond substituents is 1. The molecule has 0 aliphatic carbocycles. The number of hydrogen-bond acceptors (Lipinski definition) is 9. The fraction of sp³-hybridized carbons (Fsp3) is 0.200. The number of ether oxygens (including phenoxy) is 2. The molecule has 0 saturated carbocycles. The number of anilines is 5. The van der Waals surface area contributed by atoms with Gasteiger partial charge in [-0.15, -0.1) is 0 Å². The third-order valence-corrected chi connectivity index (χ3v) is 4.91. The van der Waals surface area contributed by atoms with E-state index in [2.05, 4.69) is 25.3 Å². The summed E-state index contributed by atoms with van der Waals surface area (Å²) in [6.45, 7) is 1.89. The number of halogens is 1.